The van der Waals surface area contributed by atoms with Crippen LogP contribution in [0.3, 0.4) is 0 Å². The first-order valence-corrected chi connectivity index (χ1v) is 15.1. The molecule has 1 aliphatic heterocycles. The number of hydrogen-bond acceptors (Lipinski definition) is 8. The molecule has 8 nitrogen and oxygen atoms in total. The lowest BCUT2D eigenvalue weighted by Gasteiger charge is -2.54. The number of nitrogens with zero attached hydrogens (tertiary/aromatic N) is 4. The Labute approximate surface area is 243 Å². The van der Waals surface area contributed by atoms with Crippen LogP contribution in [0.5, 0.6) is 0 Å². The zero-order valence-corrected chi connectivity index (χ0v) is 23.3. The van der Waals surface area contributed by atoms with E-state index in [4.69, 9.17) is 11.6 Å². The van der Waals surface area contributed by atoms with Crippen molar-refractivity contribution in [1.29, 1.82) is 5.26 Å². The SMILES string of the molecule is N#Cc1cnc2c(Cl)cc(N[C@@H](C3=CN(C4CC4)NN3)c3ccc(F)nc3)cc2c1NC1C2CC3CC(C2)CC1C3. The number of rotatable bonds is 7. The molecule has 1 aromatic carbocycles. The first kappa shape index (κ1) is 25.1. The van der Waals surface area contributed by atoms with Crippen molar-refractivity contribution >= 4 is 33.9 Å². The van der Waals surface area contributed by atoms with Crippen LogP contribution in [0, 0.1) is 41.0 Å². The number of pyridine rings is 2. The maximum atomic E-state index is 13.7. The number of fused-ring (bicyclic) bond motifs is 1. The Bertz CT molecular complexity index is 1550. The second kappa shape index (κ2) is 9.74. The normalized spacial score (nSPS) is 28.8. The van der Waals surface area contributed by atoms with Crippen LogP contribution in [-0.4, -0.2) is 27.1 Å². The van der Waals surface area contributed by atoms with Gasteiger partial charge in [-0.3, -0.25) is 9.99 Å². The van der Waals surface area contributed by atoms with E-state index >= 15 is 0 Å². The van der Waals surface area contributed by atoms with Gasteiger partial charge in [0.15, 0.2) is 0 Å². The highest BCUT2D eigenvalue weighted by atomic mass is 35.5. The summed E-state index contributed by atoms with van der Waals surface area (Å²) in [5.41, 5.74) is 11.0. The van der Waals surface area contributed by atoms with Gasteiger partial charge in [-0.1, -0.05) is 17.7 Å². The Morgan fingerprint density at radius 3 is 2.51 bits per heavy atom. The lowest BCUT2D eigenvalue weighted by molar-refractivity contribution is 0.00757. The number of halogens is 2. The fourth-order valence-corrected chi connectivity index (χ4v) is 8.28. The van der Waals surface area contributed by atoms with Gasteiger partial charge in [0.05, 0.1) is 33.5 Å². The fraction of sp³-hybridized carbons (Fsp3) is 0.452. The second-order valence-corrected chi connectivity index (χ2v) is 13.0. The van der Waals surface area contributed by atoms with Crippen LogP contribution < -0.4 is 21.6 Å². The van der Waals surface area contributed by atoms with Crippen LogP contribution in [0.15, 0.2) is 48.6 Å². The minimum Gasteiger partial charge on any atom is -0.380 e. The number of nitriles is 1. The topological polar surface area (TPSA) is 101 Å². The first-order chi connectivity index (χ1) is 20.0. The van der Waals surface area contributed by atoms with Crippen LogP contribution in [0.2, 0.25) is 5.02 Å². The van der Waals surface area contributed by atoms with Gasteiger partial charge in [-0.25, -0.2) is 4.98 Å². The molecule has 0 amide bonds. The molecule has 4 N–H and O–H groups in total. The van der Waals surface area contributed by atoms with E-state index < -0.39 is 5.95 Å². The van der Waals surface area contributed by atoms with Crippen molar-refractivity contribution < 1.29 is 4.39 Å². The van der Waals surface area contributed by atoms with E-state index in [9.17, 15) is 9.65 Å². The van der Waals surface area contributed by atoms with E-state index in [0.29, 0.717) is 40.0 Å². The van der Waals surface area contributed by atoms with E-state index in [2.05, 4.69) is 48.8 Å². The van der Waals surface area contributed by atoms with E-state index in [0.717, 1.165) is 52.7 Å². The minimum absolute atomic E-state index is 0.346. The van der Waals surface area contributed by atoms with Gasteiger partial charge in [0.25, 0.3) is 0 Å². The third-order valence-corrected chi connectivity index (χ3v) is 10.1. The minimum atomic E-state index is -0.525. The second-order valence-electron chi connectivity index (χ2n) is 12.6. The quantitative estimate of drug-likeness (QED) is 0.256. The third kappa shape index (κ3) is 4.54. The zero-order valence-electron chi connectivity index (χ0n) is 22.6. The van der Waals surface area contributed by atoms with Gasteiger partial charge in [0, 0.05) is 41.8 Å². The summed E-state index contributed by atoms with van der Waals surface area (Å²) < 4.78 is 13.7. The molecule has 1 atom stereocenters. The van der Waals surface area contributed by atoms with Crippen molar-refractivity contribution in [2.75, 3.05) is 10.6 Å². The van der Waals surface area contributed by atoms with Crippen LogP contribution in [0.1, 0.15) is 62.1 Å². The Morgan fingerprint density at radius 2 is 1.83 bits per heavy atom. The van der Waals surface area contributed by atoms with Crippen LogP contribution in [0.4, 0.5) is 15.8 Å². The van der Waals surface area contributed by atoms with Crippen molar-refractivity contribution in [2.45, 2.75) is 63.1 Å². The number of nitrogens with one attached hydrogen (secondary N) is 4. The first-order valence-electron chi connectivity index (χ1n) is 14.7. The molecule has 5 saturated carbocycles. The average Bonchev–Trinajstić information content (AvgIpc) is 3.70. The summed E-state index contributed by atoms with van der Waals surface area (Å²) in [6, 6.07) is 9.85. The molecule has 0 radical (unpaired) electrons. The molecule has 6 aliphatic rings. The molecule has 0 spiro atoms. The van der Waals surface area contributed by atoms with Crippen molar-refractivity contribution in [3.05, 3.63) is 70.7 Å². The van der Waals surface area contributed by atoms with Gasteiger partial charge in [0.1, 0.15) is 6.07 Å². The molecule has 3 aromatic rings. The van der Waals surface area contributed by atoms with Crippen molar-refractivity contribution in [2.24, 2.45) is 23.7 Å². The maximum Gasteiger partial charge on any atom is 0.212 e. The highest BCUT2D eigenvalue weighted by molar-refractivity contribution is 6.35. The monoisotopic (exact) mass is 570 g/mol. The molecule has 0 unspecified atom stereocenters. The Hall–Kier alpha value is -3.61. The summed E-state index contributed by atoms with van der Waals surface area (Å²) >= 11 is 6.85. The summed E-state index contributed by atoms with van der Waals surface area (Å²) in [5, 5.41) is 21.0. The summed E-state index contributed by atoms with van der Waals surface area (Å²) in [6.07, 6.45) is 14.0. The highest BCUT2D eigenvalue weighted by Gasteiger charge is 2.48. The van der Waals surface area contributed by atoms with Gasteiger partial charge in [-0.05, 0) is 92.4 Å². The highest BCUT2D eigenvalue weighted by Crippen LogP contribution is 2.54. The molecular formula is C31H32ClFN8. The summed E-state index contributed by atoms with van der Waals surface area (Å²) in [6.45, 7) is 0. The molecule has 0 saturated heterocycles. The zero-order chi connectivity index (χ0) is 27.7. The largest absolute Gasteiger partial charge is 0.380 e. The summed E-state index contributed by atoms with van der Waals surface area (Å²) in [4.78, 5) is 8.49. The van der Waals surface area contributed by atoms with Crippen LogP contribution >= 0.6 is 11.6 Å². The average molecular weight is 571 g/mol. The number of benzene rings is 1. The molecule has 10 heteroatoms. The van der Waals surface area contributed by atoms with Crippen molar-refractivity contribution in [1.82, 2.24) is 25.9 Å². The number of anilines is 2. The molecule has 4 bridgehead atoms. The van der Waals surface area contributed by atoms with Crippen molar-refractivity contribution in [3.8, 4) is 6.07 Å². The lowest BCUT2D eigenvalue weighted by atomic mass is 9.54. The molecule has 5 aliphatic carbocycles. The molecular weight excluding hydrogens is 539 g/mol. The van der Waals surface area contributed by atoms with E-state index in [1.165, 1.54) is 38.2 Å². The van der Waals surface area contributed by atoms with Gasteiger partial charge in [-0.15, -0.1) is 5.53 Å². The predicted molar refractivity (Wildman–Crippen MR) is 156 cm³/mol. The smallest absolute Gasteiger partial charge is 0.212 e. The van der Waals surface area contributed by atoms with Gasteiger partial charge >= 0.3 is 0 Å². The van der Waals surface area contributed by atoms with Crippen molar-refractivity contribution in [3.63, 3.8) is 0 Å². The van der Waals surface area contributed by atoms with Gasteiger partial charge in [-0.2, -0.15) is 9.65 Å². The maximum absolute atomic E-state index is 13.7. The molecule has 9 rings (SSSR count). The molecule has 210 valence electrons. The molecule has 41 heavy (non-hydrogen) atoms. The van der Waals surface area contributed by atoms with Gasteiger partial charge in [0.2, 0.25) is 5.95 Å². The molecule has 5 fully saturated rings. The van der Waals surface area contributed by atoms with E-state index in [-0.39, 0.29) is 6.04 Å². The van der Waals surface area contributed by atoms with Gasteiger partial charge < -0.3 is 16.1 Å². The standard InChI is InChI=1S/C31H32ClFN8/c32-25-11-22(37-30(18-1-4-27(33)35-13-18)26-15-41(40-39-26)23-2-3-23)10-24-29(21(12-34)14-36-31(24)25)38-28-19-6-16-5-17(8-19)9-20(28)7-16/h1,4,10-11,13-17,19-20,23,28,30,37,39-40H,2-3,5-9H2,(H,36,38)/t16?,17?,19?,20?,28?,30-/m1/s1. The van der Waals surface area contributed by atoms with Crippen LogP contribution in [-0.2, 0) is 0 Å². The number of hydrogen-bond donors (Lipinski definition) is 4. The van der Waals surface area contributed by atoms with E-state index in [1.54, 1.807) is 18.5 Å². The Kier molecular flexibility index (Phi) is 5.97. The number of aromatic nitrogens is 2. The summed E-state index contributed by atoms with van der Waals surface area (Å²) in [7, 11) is 0. The fourth-order valence-electron chi connectivity index (χ4n) is 8.02. The molecule has 3 heterocycles. The summed E-state index contributed by atoms with van der Waals surface area (Å²) in [5.74, 6) is 2.51. The van der Waals surface area contributed by atoms with E-state index in [1.807, 2.05) is 12.1 Å². The Balaban J connectivity index is 1.17. The Morgan fingerprint density at radius 1 is 1.05 bits per heavy atom. The predicted octanol–water partition coefficient (Wildman–Crippen LogP) is 6.01. The number of hydrazine groups is 2. The third-order valence-electron chi connectivity index (χ3n) is 9.84. The lowest BCUT2D eigenvalue weighted by Crippen LogP contribution is -2.51. The molecule has 2 aromatic heterocycles. The van der Waals surface area contributed by atoms with Crippen LogP contribution in [0.25, 0.3) is 10.9 Å².